The minimum atomic E-state index is 0.772. The molecule has 0 aliphatic carbocycles. The molecule has 0 fully saturated rings. The second kappa shape index (κ2) is 5.99. The summed E-state index contributed by atoms with van der Waals surface area (Å²) in [6.45, 7) is 3.67. The predicted molar refractivity (Wildman–Crippen MR) is 69.7 cm³/mol. The molecule has 0 aliphatic rings. The molecule has 0 unspecified atom stereocenters. The summed E-state index contributed by atoms with van der Waals surface area (Å²) in [7, 11) is 0. The van der Waals surface area contributed by atoms with Crippen molar-refractivity contribution in [3.63, 3.8) is 0 Å². The van der Waals surface area contributed by atoms with Crippen LogP contribution in [-0.4, -0.2) is 11.3 Å². The molecule has 0 saturated carbocycles. The fraction of sp³-hybridized carbons (Fsp3) is 0.286. The maximum atomic E-state index is 5.60. The maximum absolute atomic E-state index is 5.60. The molecule has 17 heavy (non-hydrogen) atoms. The minimum absolute atomic E-state index is 0.772. The summed E-state index contributed by atoms with van der Waals surface area (Å²) in [5.41, 5.74) is 4.50. The summed E-state index contributed by atoms with van der Waals surface area (Å²) in [6, 6.07) is 12.2. The Morgan fingerprint density at radius 2 is 2.00 bits per heavy atom. The number of nitrogens with zero attached hydrogens (tertiary/aromatic N) is 1. The molecule has 0 atom stereocenters. The first-order valence-electron chi connectivity index (χ1n) is 5.97. The van der Waals surface area contributed by atoms with Gasteiger partial charge < -0.3 is 10.2 Å². The Labute approximate surface area is 102 Å². The highest BCUT2D eigenvalue weighted by Crippen LogP contribution is 2.13. The first-order chi connectivity index (χ1) is 8.38. The molecule has 0 amide bonds. The Bertz CT molecular complexity index is 437. The van der Waals surface area contributed by atoms with Gasteiger partial charge in [0.1, 0.15) is 5.75 Å². The predicted octanol–water partition coefficient (Wildman–Crippen LogP) is 3.02. The molecule has 1 aromatic heterocycles. The average Bonchev–Trinajstić information content (AvgIpc) is 2.87. The number of rotatable bonds is 6. The lowest BCUT2D eigenvalue weighted by Gasteiger charge is -2.09. The van der Waals surface area contributed by atoms with Crippen LogP contribution in [0, 0.1) is 0 Å². The van der Waals surface area contributed by atoms with Gasteiger partial charge in [0.2, 0.25) is 0 Å². The van der Waals surface area contributed by atoms with Crippen LogP contribution >= 0.6 is 0 Å². The van der Waals surface area contributed by atoms with Crippen LogP contribution in [0.25, 0.3) is 0 Å². The van der Waals surface area contributed by atoms with Crippen molar-refractivity contribution in [2.45, 2.75) is 19.9 Å². The quantitative estimate of drug-likeness (QED) is 0.825. The summed E-state index contributed by atoms with van der Waals surface area (Å²) in [6.07, 6.45) is 5.00. The number of ether oxygens (including phenoxy) is 1. The lowest BCUT2D eigenvalue weighted by Crippen LogP contribution is -2.11. The first kappa shape index (κ1) is 11.6. The van der Waals surface area contributed by atoms with E-state index in [1.54, 1.807) is 0 Å². The third-order valence-electron chi connectivity index (χ3n) is 2.44. The van der Waals surface area contributed by atoms with Gasteiger partial charge in [0.05, 0.1) is 13.2 Å². The van der Waals surface area contributed by atoms with Gasteiger partial charge in [-0.05, 0) is 36.2 Å². The second-order valence-corrected chi connectivity index (χ2v) is 3.92. The van der Waals surface area contributed by atoms with E-state index in [4.69, 9.17) is 4.74 Å². The highest BCUT2D eigenvalue weighted by molar-refractivity contribution is 5.29. The molecule has 2 aromatic rings. The van der Waals surface area contributed by atoms with E-state index in [2.05, 4.69) is 24.5 Å². The van der Waals surface area contributed by atoms with Gasteiger partial charge >= 0.3 is 0 Å². The van der Waals surface area contributed by atoms with Gasteiger partial charge in [-0.2, -0.15) is 0 Å². The molecular formula is C14H18N2O. The molecule has 0 bridgehead atoms. The number of hydrogen-bond acceptors (Lipinski definition) is 2. The molecule has 90 valence electrons. The van der Waals surface area contributed by atoms with E-state index >= 15 is 0 Å². The van der Waals surface area contributed by atoms with E-state index in [9.17, 15) is 0 Å². The van der Waals surface area contributed by atoms with E-state index in [1.165, 1.54) is 5.56 Å². The number of hydrogen-bond donors (Lipinski definition) is 1. The zero-order valence-corrected chi connectivity index (χ0v) is 10.1. The first-order valence-corrected chi connectivity index (χ1v) is 5.97. The van der Waals surface area contributed by atoms with Crippen molar-refractivity contribution in [2.75, 3.05) is 12.0 Å². The molecule has 1 heterocycles. The molecule has 0 radical (unpaired) electrons. The normalized spacial score (nSPS) is 10.2. The zero-order valence-electron chi connectivity index (χ0n) is 10.1. The van der Waals surface area contributed by atoms with Gasteiger partial charge in [-0.1, -0.05) is 19.1 Å². The Morgan fingerprint density at radius 1 is 1.18 bits per heavy atom. The molecular weight excluding hydrogens is 212 g/mol. The van der Waals surface area contributed by atoms with Gasteiger partial charge in [-0.25, -0.2) is 0 Å². The van der Waals surface area contributed by atoms with Crippen LogP contribution < -0.4 is 10.2 Å². The Hall–Kier alpha value is -1.90. The van der Waals surface area contributed by atoms with E-state index in [0.29, 0.717) is 0 Å². The van der Waals surface area contributed by atoms with Crippen LogP contribution in [0.2, 0.25) is 0 Å². The van der Waals surface area contributed by atoms with Gasteiger partial charge in [-0.15, -0.1) is 0 Å². The topological polar surface area (TPSA) is 26.2 Å². The van der Waals surface area contributed by atoms with Crippen molar-refractivity contribution in [2.24, 2.45) is 0 Å². The molecule has 1 aromatic carbocycles. The smallest absolute Gasteiger partial charge is 0.119 e. The highest BCUT2D eigenvalue weighted by atomic mass is 16.5. The van der Waals surface area contributed by atoms with Crippen LogP contribution in [0.1, 0.15) is 18.9 Å². The van der Waals surface area contributed by atoms with Crippen LogP contribution in [0.3, 0.4) is 0 Å². The second-order valence-electron chi connectivity index (χ2n) is 3.92. The number of aromatic nitrogens is 1. The summed E-state index contributed by atoms with van der Waals surface area (Å²) in [5.74, 6) is 0.943. The van der Waals surface area contributed by atoms with Crippen molar-refractivity contribution in [1.82, 2.24) is 4.68 Å². The van der Waals surface area contributed by atoms with Crippen LogP contribution in [-0.2, 0) is 6.54 Å². The van der Waals surface area contributed by atoms with E-state index in [0.717, 1.165) is 25.3 Å². The van der Waals surface area contributed by atoms with Crippen LogP contribution in [0.4, 0.5) is 0 Å². The third-order valence-corrected chi connectivity index (χ3v) is 2.44. The van der Waals surface area contributed by atoms with E-state index < -0.39 is 0 Å². The summed E-state index contributed by atoms with van der Waals surface area (Å²) in [4.78, 5) is 0. The van der Waals surface area contributed by atoms with Gasteiger partial charge in [0.15, 0.2) is 0 Å². The molecule has 3 heteroatoms. The van der Waals surface area contributed by atoms with Crippen molar-refractivity contribution in [3.8, 4) is 5.75 Å². The largest absolute Gasteiger partial charge is 0.494 e. The maximum Gasteiger partial charge on any atom is 0.119 e. The molecule has 1 N–H and O–H groups in total. The summed E-state index contributed by atoms with van der Waals surface area (Å²) in [5, 5.41) is 0. The Kier molecular flexibility index (Phi) is 4.08. The Morgan fingerprint density at radius 3 is 2.76 bits per heavy atom. The van der Waals surface area contributed by atoms with Crippen LogP contribution in [0.5, 0.6) is 5.75 Å². The average molecular weight is 230 g/mol. The lowest BCUT2D eigenvalue weighted by atomic mass is 10.2. The fourth-order valence-electron chi connectivity index (χ4n) is 1.59. The van der Waals surface area contributed by atoms with Gasteiger partial charge in [-0.3, -0.25) is 4.68 Å². The molecule has 0 spiro atoms. The monoisotopic (exact) mass is 230 g/mol. The third kappa shape index (κ3) is 3.55. The molecule has 3 nitrogen and oxygen atoms in total. The number of nitrogens with one attached hydrogen (secondary N) is 1. The standard InChI is InChI=1S/C14H18N2O/c1-2-10-17-14-7-5-6-13(11-14)12-15-16-8-3-4-9-16/h3-9,11,15H,2,10,12H2,1H3. The van der Waals surface area contributed by atoms with Crippen molar-refractivity contribution < 1.29 is 4.74 Å². The SMILES string of the molecule is CCCOc1cccc(CNn2cccc2)c1. The van der Waals surface area contributed by atoms with Crippen molar-refractivity contribution in [3.05, 3.63) is 54.4 Å². The van der Waals surface area contributed by atoms with Gasteiger partial charge in [0.25, 0.3) is 0 Å². The van der Waals surface area contributed by atoms with E-state index in [1.807, 2.05) is 41.3 Å². The lowest BCUT2D eigenvalue weighted by molar-refractivity contribution is 0.317. The molecule has 0 saturated heterocycles. The molecule has 0 aliphatic heterocycles. The summed E-state index contributed by atoms with van der Waals surface area (Å²) < 4.78 is 7.54. The van der Waals surface area contributed by atoms with Crippen LogP contribution in [0.15, 0.2) is 48.8 Å². The highest BCUT2D eigenvalue weighted by Gasteiger charge is 1.96. The summed E-state index contributed by atoms with van der Waals surface area (Å²) >= 11 is 0. The Balaban J connectivity index is 1.91. The van der Waals surface area contributed by atoms with E-state index in [-0.39, 0.29) is 0 Å². The molecule has 2 rings (SSSR count). The zero-order chi connectivity index (χ0) is 11.9. The van der Waals surface area contributed by atoms with Gasteiger partial charge in [0, 0.05) is 12.4 Å². The van der Waals surface area contributed by atoms with Crippen molar-refractivity contribution >= 4 is 0 Å². The fourth-order valence-corrected chi connectivity index (χ4v) is 1.59. The minimum Gasteiger partial charge on any atom is -0.494 e. The van der Waals surface area contributed by atoms with Crippen molar-refractivity contribution in [1.29, 1.82) is 0 Å². The number of benzene rings is 1.